The highest BCUT2D eigenvalue weighted by molar-refractivity contribution is 5.98. The van der Waals surface area contributed by atoms with Crippen LogP contribution in [0.2, 0.25) is 0 Å². The Morgan fingerprint density at radius 2 is 1.60 bits per heavy atom. The van der Waals surface area contributed by atoms with Gasteiger partial charge in [0.1, 0.15) is 41.1 Å². The number of benzene rings is 2. The van der Waals surface area contributed by atoms with Gasteiger partial charge in [-0.15, -0.1) is 0 Å². The Kier molecular flexibility index (Phi) is 7.57. The van der Waals surface area contributed by atoms with Gasteiger partial charge in [-0.1, -0.05) is 18.2 Å². The highest BCUT2D eigenvalue weighted by Crippen LogP contribution is 2.37. The van der Waals surface area contributed by atoms with Crippen molar-refractivity contribution in [3.05, 3.63) is 60.9 Å². The van der Waals surface area contributed by atoms with E-state index in [0.29, 0.717) is 66.4 Å². The number of alkyl halides is 1. The molecule has 4 aromatic rings. The summed E-state index contributed by atoms with van der Waals surface area (Å²) in [6.07, 6.45) is 0.644. The van der Waals surface area contributed by atoms with Crippen LogP contribution in [-0.4, -0.2) is 104 Å². The number of nitrogens with zero attached hydrogens (tertiary/aromatic N) is 7. The molecule has 0 bridgehead atoms. The normalized spacial score (nSPS) is 21.8. The molecule has 0 radical (unpaired) electrons. The summed E-state index contributed by atoms with van der Waals surface area (Å²) in [5.41, 5.74) is 7.83. The topological polar surface area (TPSA) is 115 Å². The molecular weight excluding hydrogens is 575 g/mol. The lowest BCUT2D eigenvalue weighted by atomic mass is 9.95. The van der Waals surface area contributed by atoms with Crippen LogP contribution in [0.1, 0.15) is 33.2 Å². The van der Waals surface area contributed by atoms with Crippen LogP contribution in [-0.2, 0) is 4.74 Å². The molecule has 12 heteroatoms. The number of fused-ring (bicyclic) bond motifs is 1. The highest BCUT2D eigenvalue weighted by Gasteiger charge is 2.45. The fourth-order valence-corrected chi connectivity index (χ4v) is 6.44. The largest absolute Gasteiger partial charge is 0.457 e. The molecule has 1 amide bonds. The summed E-state index contributed by atoms with van der Waals surface area (Å²) in [5.74, 6) is 1.76. The van der Waals surface area contributed by atoms with Crippen molar-refractivity contribution in [3.63, 3.8) is 0 Å². The van der Waals surface area contributed by atoms with Crippen molar-refractivity contribution in [2.45, 2.75) is 57.1 Å². The Morgan fingerprint density at radius 3 is 2.29 bits per heavy atom. The van der Waals surface area contributed by atoms with Crippen molar-refractivity contribution >= 4 is 22.9 Å². The number of rotatable bonds is 6. The third-order valence-electron chi connectivity index (χ3n) is 8.91. The Bertz CT molecular complexity index is 1660. The number of amides is 1. The first-order chi connectivity index (χ1) is 21.6. The lowest BCUT2D eigenvalue weighted by molar-refractivity contribution is -0.0697. The Morgan fingerprint density at radius 1 is 0.911 bits per heavy atom. The number of carbonyl (C=O) groups excluding carboxylic acids is 1. The van der Waals surface area contributed by atoms with Crippen molar-refractivity contribution in [2.75, 3.05) is 45.0 Å². The molecule has 2 atom stereocenters. The van der Waals surface area contributed by atoms with E-state index >= 15 is 4.39 Å². The summed E-state index contributed by atoms with van der Waals surface area (Å²) in [7, 11) is 0. The number of piperidine rings is 1. The van der Waals surface area contributed by atoms with E-state index in [2.05, 4.69) is 19.8 Å². The van der Waals surface area contributed by atoms with E-state index in [-0.39, 0.29) is 6.09 Å². The van der Waals surface area contributed by atoms with Gasteiger partial charge < -0.3 is 20.1 Å². The lowest BCUT2D eigenvalue weighted by Crippen LogP contribution is -2.71. The van der Waals surface area contributed by atoms with Crippen LogP contribution in [0, 0.1) is 0 Å². The summed E-state index contributed by atoms with van der Waals surface area (Å²) in [4.78, 5) is 27.4. The minimum absolute atomic E-state index is 0.256. The minimum Gasteiger partial charge on any atom is -0.457 e. The number of carbonyl (C=O) groups is 1. The maximum absolute atomic E-state index is 15.9. The Balaban J connectivity index is 0.996. The molecule has 0 spiro atoms. The third-order valence-corrected chi connectivity index (χ3v) is 8.91. The summed E-state index contributed by atoms with van der Waals surface area (Å²) in [6.45, 7) is 9.85. The molecule has 0 unspecified atom stereocenters. The first-order valence-corrected chi connectivity index (χ1v) is 15.5. The van der Waals surface area contributed by atoms with Crippen LogP contribution < -0.4 is 10.5 Å². The van der Waals surface area contributed by atoms with E-state index in [1.54, 1.807) is 9.58 Å². The number of para-hydroxylation sites is 1. The molecule has 3 aliphatic rings. The molecule has 3 fully saturated rings. The van der Waals surface area contributed by atoms with Gasteiger partial charge in [-0.2, -0.15) is 5.10 Å². The first kappa shape index (κ1) is 29.4. The van der Waals surface area contributed by atoms with Gasteiger partial charge in [0.25, 0.3) is 0 Å². The van der Waals surface area contributed by atoms with Gasteiger partial charge in [0.2, 0.25) is 0 Å². The maximum Gasteiger partial charge on any atom is 0.410 e. The number of nitrogens with two attached hydrogens (primary N) is 1. The minimum atomic E-state index is -1.12. The molecule has 236 valence electrons. The van der Waals surface area contributed by atoms with Crippen LogP contribution >= 0.6 is 0 Å². The SMILES string of the molecule is CC(C)(C)OC(=O)N1CC(N2CC(N3CC[C@H](n4nc(-c5ccc(Oc6ccccc6)cc5)c5c(N)ncnc54)[C@@H](F)C3)C2)C1. The summed E-state index contributed by atoms with van der Waals surface area (Å²) in [5, 5.41) is 5.52. The summed E-state index contributed by atoms with van der Waals surface area (Å²) >= 11 is 0. The van der Waals surface area contributed by atoms with Crippen LogP contribution in [0.25, 0.3) is 22.3 Å². The van der Waals surface area contributed by atoms with E-state index in [4.69, 9.17) is 20.3 Å². The predicted octanol–water partition coefficient (Wildman–Crippen LogP) is 4.76. The average Bonchev–Trinajstić information content (AvgIpc) is 3.34. The molecule has 2 aromatic heterocycles. The molecule has 7 rings (SSSR count). The molecule has 0 saturated carbocycles. The molecule has 11 nitrogen and oxygen atoms in total. The number of hydrogen-bond acceptors (Lipinski definition) is 9. The van der Waals surface area contributed by atoms with Crippen molar-refractivity contribution in [1.29, 1.82) is 0 Å². The second kappa shape index (κ2) is 11.6. The molecular formula is C33H39FN8O3. The lowest BCUT2D eigenvalue weighted by Gasteiger charge is -2.54. The number of anilines is 1. The number of ether oxygens (including phenoxy) is 2. The fourth-order valence-electron chi connectivity index (χ4n) is 6.44. The van der Waals surface area contributed by atoms with Gasteiger partial charge in [-0.05, 0) is 63.6 Å². The van der Waals surface area contributed by atoms with E-state index in [0.717, 1.165) is 30.9 Å². The number of nitrogen functional groups attached to an aromatic ring is 1. The van der Waals surface area contributed by atoms with Gasteiger partial charge in [0.05, 0.1) is 11.4 Å². The average molecular weight is 615 g/mol. The van der Waals surface area contributed by atoms with E-state index in [1.165, 1.54) is 6.33 Å². The number of hydrogen-bond donors (Lipinski definition) is 1. The monoisotopic (exact) mass is 614 g/mol. The first-order valence-electron chi connectivity index (χ1n) is 15.5. The van der Waals surface area contributed by atoms with Gasteiger partial charge >= 0.3 is 6.09 Å². The van der Waals surface area contributed by atoms with E-state index in [9.17, 15) is 4.79 Å². The van der Waals surface area contributed by atoms with E-state index in [1.807, 2.05) is 75.4 Å². The maximum atomic E-state index is 15.9. The standard InChI is InChI=1S/C33H39FN8O3/c1-33(2,3)45-32(43)41-17-23(18-41)40-15-22(16-40)39-14-13-27(26(34)19-39)42-31-28(30(35)36-20-37-31)29(38-42)21-9-11-25(12-10-21)44-24-7-5-4-6-8-24/h4-12,20,22-23,26-27H,13-19H2,1-3H3,(H2,35,36,37)/t26-,27-/m0/s1. The highest BCUT2D eigenvalue weighted by atomic mass is 19.1. The zero-order valence-corrected chi connectivity index (χ0v) is 25.8. The second-order valence-corrected chi connectivity index (χ2v) is 13.2. The number of halogens is 1. The zero-order chi connectivity index (χ0) is 31.3. The van der Waals surface area contributed by atoms with Crippen LogP contribution in [0.5, 0.6) is 11.5 Å². The Hall–Kier alpha value is -4.29. The predicted molar refractivity (Wildman–Crippen MR) is 169 cm³/mol. The zero-order valence-electron chi connectivity index (χ0n) is 25.8. The molecule has 3 aliphatic heterocycles. The molecule has 2 aromatic carbocycles. The third kappa shape index (κ3) is 5.91. The molecule has 0 aliphatic carbocycles. The molecule has 5 heterocycles. The van der Waals surface area contributed by atoms with Crippen molar-refractivity contribution in [1.82, 2.24) is 34.4 Å². The molecule has 2 N–H and O–H groups in total. The van der Waals surface area contributed by atoms with Gasteiger partial charge in [-0.25, -0.2) is 23.8 Å². The van der Waals surface area contributed by atoms with Crippen LogP contribution in [0.4, 0.5) is 15.0 Å². The van der Waals surface area contributed by atoms with Crippen molar-refractivity contribution in [3.8, 4) is 22.8 Å². The van der Waals surface area contributed by atoms with Gasteiger partial charge in [0, 0.05) is 56.9 Å². The van der Waals surface area contributed by atoms with Gasteiger partial charge in [-0.3, -0.25) is 9.80 Å². The molecule has 3 saturated heterocycles. The number of aromatic nitrogens is 4. The molecule has 45 heavy (non-hydrogen) atoms. The summed E-state index contributed by atoms with van der Waals surface area (Å²) in [6, 6.07) is 17.4. The second-order valence-electron chi connectivity index (χ2n) is 13.2. The van der Waals surface area contributed by atoms with Crippen LogP contribution in [0.3, 0.4) is 0 Å². The van der Waals surface area contributed by atoms with Crippen LogP contribution in [0.15, 0.2) is 60.9 Å². The van der Waals surface area contributed by atoms with Gasteiger partial charge in [0.15, 0.2) is 5.65 Å². The van der Waals surface area contributed by atoms with E-state index < -0.39 is 17.8 Å². The van der Waals surface area contributed by atoms with Crippen molar-refractivity contribution in [2.24, 2.45) is 0 Å². The fraction of sp³-hybridized carbons (Fsp3) is 0.455. The smallest absolute Gasteiger partial charge is 0.410 e. The Labute approximate surface area is 261 Å². The van der Waals surface area contributed by atoms with Crippen molar-refractivity contribution < 1.29 is 18.7 Å². The summed E-state index contributed by atoms with van der Waals surface area (Å²) < 4.78 is 29.1. The number of likely N-dealkylation sites (tertiary alicyclic amines) is 3. The quantitative estimate of drug-likeness (QED) is 0.328.